The van der Waals surface area contributed by atoms with Gasteiger partial charge in [0.25, 0.3) is 5.91 Å². The van der Waals surface area contributed by atoms with E-state index in [2.05, 4.69) is 5.32 Å². The normalized spacial score (nSPS) is 10.1. The smallest absolute Gasteiger partial charge is 0.340 e. The number of halogens is 1. The Kier molecular flexibility index (Phi) is 7.22. The number of nitrogen functional groups attached to an aromatic ring is 1. The maximum absolute atomic E-state index is 12.1. The number of nitrogens with zero attached hydrogens (tertiary/aromatic N) is 1. The van der Waals surface area contributed by atoms with E-state index in [4.69, 9.17) is 26.8 Å². The summed E-state index contributed by atoms with van der Waals surface area (Å²) in [5.74, 6) is -1.14. The molecule has 0 unspecified atom stereocenters. The number of methoxy groups -OCH3 is 1. The standard InChI is InChI=1S/C19H20ClN3O5/c1-23(10-17(24)22-13-4-3-5-14(9-13)27-2)18(25)11-28-19(26)15-8-12(20)6-7-16(15)21/h3-9H,10-11,21H2,1-2H3,(H,22,24). The fourth-order valence-electron chi connectivity index (χ4n) is 2.23. The van der Waals surface area contributed by atoms with Gasteiger partial charge in [0.2, 0.25) is 5.91 Å². The third-order valence-corrected chi connectivity index (χ3v) is 3.96. The Morgan fingerprint density at radius 3 is 2.64 bits per heavy atom. The Morgan fingerprint density at radius 1 is 1.18 bits per heavy atom. The molecule has 3 N–H and O–H groups in total. The molecule has 0 heterocycles. The van der Waals surface area contributed by atoms with E-state index in [1.807, 2.05) is 0 Å². The number of hydrogen-bond acceptors (Lipinski definition) is 6. The van der Waals surface area contributed by atoms with Gasteiger partial charge in [-0.05, 0) is 30.3 Å². The molecule has 0 aliphatic rings. The fourth-order valence-corrected chi connectivity index (χ4v) is 2.40. The van der Waals surface area contributed by atoms with Crippen molar-refractivity contribution in [2.75, 3.05) is 38.4 Å². The van der Waals surface area contributed by atoms with Crippen LogP contribution in [0.3, 0.4) is 0 Å². The number of likely N-dealkylation sites (N-methyl/N-ethyl adjacent to an activating group) is 1. The summed E-state index contributed by atoms with van der Waals surface area (Å²) >= 11 is 5.83. The Bertz CT molecular complexity index is 888. The van der Waals surface area contributed by atoms with E-state index < -0.39 is 24.4 Å². The van der Waals surface area contributed by atoms with Gasteiger partial charge in [-0.1, -0.05) is 17.7 Å². The van der Waals surface area contributed by atoms with Crippen molar-refractivity contribution in [2.45, 2.75) is 0 Å². The Morgan fingerprint density at radius 2 is 1.93 bits per heavy atom. The molecule has 0 spiro atoms. The molecule has 0 aromatic heterocycles. The van der Waals surface area contributed by atoms with Crippen LogP contribution in [0.1, 0.15) is 10.4 Å². The predicted octanol–water partition coefficient (Wildman–Crippen LogP) is 2.18. The van der Waals surface area contributed by atoms with E-state index in [1.54, 1.807) is 24.3 Å². The first-order valence-corrected chi connectivity index (χ1v) is 8.58. The minimum atomic E-state index is -0.775. The average molecular weight is 406 g/mol. The third kappa shape index (κ3) is 5.88. The third-order valence-electron chi connectivity index (χ3n) is 3.72. The molecule has 0 fully saturated rings. The van der Waals surface area contributed by atoms with E-state index in [0.29, 0.717) is 16.5 Å². The molecule has 2 amide bonds. The SMILES string of the molecule is COc1cccc(NC(=O)CN(C)C(=O)COC(=O)c2cc(Cl)ccc2N)c1. The van der Waals surface area contributed by atoms with E-state index >= 15 is 0 Å². The van der Waals surface area contributed by atoms with E-state index in [9.17, 15) is 14.4 Å². The zero-order valence-corrected chi connectivity index (χ0v) is 16.2. The number of rotatable bonds is 7. The molecule has 0 atom stereocenters. The van der Waals surface area contributed by atoms with Crippen LogP contribution in [0.15, 0.2) is 42.5 Å². The average Bonchev–Trinajstić information content (AvgIpc) is 2.67. The Hall–Kier alpha value is -3.26. The van der Waals surface area contributed by atoms with Crippen molar-refractivity contribution in [1.82, 2.24) is 4.90 Å². The lowest BCUT2D eigenvalue weighted by molar-refractivity contribution is -0.136. The predicted molar refractivity (Wildman–Crippen MR) is 105 cm³/mol. The Balaban J connectivity index is 1.85. The monoisotopic (exact) mass is 405 g/mol. The Labute approximate surface area is 167 Å². The lowest BCUT2D eigenvalue weighted by Crippen LogP contribution is -2.37. The molecule has 28 heavy (non-hydrogen) atoms. The summed E-state index contributed by atoms with van der Waals surface area (Å²) in [4.78, 5) is 37.4. The van der Waals surface area contributed by atoms with Crippen molar-refractivity contribution in [2.24, 2.45) is 0 Å². The number of esters is 1. The highest BCUT2D eigenvalue weighted by atomic mass is 35.5. The first-order valence-electron chi connectivity index (χ1n) is 8.20. The zero-order chi connectivity index (χ0) is 20.7. The number of hydrogen-bond donors (Lipinski definition) is 2. The minimum Gasteiger partial charge on any atom is -0.497 e. The van der Waals surface area contributed by atoms with Gasteiger partial charge in [0.1, 0.15) is 5.75 Å². The molecule has 2 aromatic rings. The van der Waals surface area contributed by atoms with Crippen LogP contribution in [0.4, 0.5) is 11.4 Å². The summed E-state index contributed by atoms with van der Waals surface area (Å²) in [6.45, 7) is -0.749. The molecule has 8 nitrogen and oxygen atoms in total. The second kappa shape index (κ2) is 9.61. The van der Waals surface area contributed by atoms with E-state index in [1.165, 1.54) is 32.4 Å². The van der Waals surface area contributed by atoms with Gasteiger partial charge in [-0.25, -0.2) is 4.79 Å². The fraction of sp³-hybridized carbons (Fsp3) is 0.211. The molecule has 0 saturated heterocycles. The van der Waals surface area contributed by atoms with Crippen molar-refractivity contribution in [3.63, 3.8) is 0 Å². The summed E-state index contributed by atoms with van der Waals surface area (Å²) in [6.07, 6.45) is 0. The molecule has 2 aromatic carbocycles. The maximum atomic E-state index is 12.1. The molecule has 0 saturated carbocycles. The van der Waals surface area contributed by atoms with Crippen LogP contribution in [0, 0.1) is 0 Å². The molecule has 2 rings (SSSR count). The van der Waals surface area contributed by atoms with Crippen molar-refractivity contribution < 1.29 is 23.9 Å². The largest absolute Gasteiger partial charge is 0.497 e. The minimum absolute atomic E-state index is 0.0683. The number of carbonyl (C=O) groups is 3. The van der Waals surface area contributed by atoms with Crippen LogP contribution in [0.25, 0.3) is 0 Å². The van der Waals surface area contributed by atoms with Crippen molar-refractivity contribution in [3.8, 4) is 5.75 Å². The van der Waals surface area contributed by atoms with Crippen LogP contribution in [-0.4, -0.2) is 50.0 Å². The van der Waals surface area contributed by atoms with Crippen LogP contribution < -0.4 is 15.8 Å². The van der Waals surface area contributed by atoms with E-state index in [-0.39, 0.29) is 17.8 Å². The molecule has 0 radical (unpaired) electrons. The van der Waals surface area contributed by atoms with Gasteiger partial charge in [-0.2, -0.15) is 0 Å². The summed E-state index contributed by atoms with van der Waals surface area (Å²) in [7, 11) is 2.95. The van der Waals surface area contributed by atoms with Crippen molar-refractivity contribution >= 4 is 40.8 Å². The van der Waals surface area contributed by atoms with Gasteiger partial charge in [-0.3, -0.25) is 9.59 Å². The lowest BCUT2D eigenvalue weighted by atomic mass is 10.2. The highest BCUT2D eigenvalue weighted by molar-refractivity contribution is 6.31. The summed E-state index contributed by atoms with van der Waals surface area (Å²) in [6, 6.07) is 11.2. The maximum Gasteiger partial charge on any atom is 0.340 e. The van der Waals surface area contributed by atoms with Gasteiger partial charge >= 0.3 is 5.97 Å². The van der Waals surface area contributed by atoms with Crippen molar-refractivity contribution in [1.29, 1.82) is 0 Å². The first kappa shape index (κ1) is 21.0. The zero-order valence-electron chi connectivity index (χ0n) is 15.4. The molecule has 0 aliphatic carbocycles. The highest BCUT2D eigenvalue weighted by Crippen LogP contribution is 2.19. The number of nitrogens with two attached hydrogens (primary N) is 1. The van der Waals surface area contributed by atoms with Gasteiger partial charge in [0, 0.05) is 29.5 Å². The first-order chi connectivity index (χ1) is 13.3. The van der Waals surface area contributed by atoms with E-state index in [0.717, 1.165) is 4.90 Å². The number of nitrogens with one attached hydrogen (secondary N) is 1. The second-order valence-corrected chi connectivity index (χ2v) is 6.27. The lowest BCUT2D eigenvalue weighted by Gasteiger charge is -2.17. The van der Waals surface area contributed by atoms with Crippen molar-refractivity contribution in [3.05, 3.63) is 53.1 Å². The number of carbonyl (C=O) groups excluding carboxylic acids is 3. The summed E-state index contributed by atoms with van der Waals surface area (Å²) < 4.78 is 10.0. The van der Waals surface area contributed by atoms with Crippen LogP contribution in [-0.2, 0) is 14.3 Å². The van der Waals surface area contributed by atoms with Gasteiger partial charge in [0.05, 0.1) is 19.2 Å². The summed E-state index contributed by atoms with van der Waals surface area (Å²) in [5, 5.41) is 2.97. The second-order valence-electron chi connectivity index (χ2n) is 5.84. The molecular weight excluding hydrogens is 386 g/mol. The van der Waals surface area contributed by atoms with Gasteiger partial charge in [-0.15, -0.1) is 0 Å². The van der Waals surface area contributed by atoms with Gasteiger partial charge < -0.3 is 25.4 Å². The number of ether oxygens (including phenoxy) is 2. The molecule has 0 aliphatic heterocycles. The topological polar surface area (TPSA) is 111 Å². The molecule has 0 bridgehead atoms. The number of amides is 2. The number of benzene rings is 2. The summed E-state index contributed by atoms with van der Waals surface area (Å²) in [5.41, 5.74) is 6.49. The number of anilines is 2. The molecule has 148 valence electrons. The van der Waals surface area contributed by atoms with Crippen LogP contribution >= 0.6 is 11.6 Å². The molecular formula is C19H20ClN3O5. The van der Waals surface area contributed by atoms with Crippen LogP contribution in [0.5, 0.6) is 5.75 Å². The highest BCUT2D eigenvalue weighted by Gasteiger charge is 2.17. The quantitative estimate of drug-likeness (QED) is 0.539. The van der Waals surface area contributed by atoms with Gasteiger partial charge in [0.15, 0.2) is 6.61 Å². The van der Waals surface area contributed by atoms with Crippen LogP contribution in [0.2, 0.25) is 5.02 Å². The molecule has 9 heteroatoms.